The molecule has 0 saturated heterocycles. The summed E-state index contributed by atoms with van der Waals surface area (Å²) >= 11 is 3.07. The third kappa shape index (κ3) is 5.11. The van der Waals surface area contributed by atoms with E-state index in [0.717, 1.165) is 5.75 Å². The highest BCUT2D eigenvalue weighted by atomic mass is 32.2. The zero-order valence-corrected chi connectivity index (χ0v) is 15.6. The summed E-state index contributed by atoms with van der Waals surface area (Å²) in [6, 6.07) is 8.60. The van der Waals surface area contributed by atoms with Crippen LogP contribution in [0.25, 0.3) is 0 Å². The first kappa shape index (κ1) is 18.5. The van der Waals surface area contributed by atoms with Gasteiger partial charge in [-0.1, -0.05) is 20.8 Å². The lowest BCUT2D eigenvalue weighted by Crippen LogP contribution is -2.28. The summed E-state index contributed by atoms with van der Waals surface area (Å²) in [7, 11) is 0. The number of esters is 1. The van der Waals surface area contributed by atoms with Crippen LogP contribution in [0.1, 0.15) is 31.1 Å². The van der Waals surface area contributed by atoms with Crippen LogP contribution < -0.4 is 10.1 Å². The fourth-order valence-corrected chi connectivity index (χ4v) is 3.65. The van der Waals surface area contributed by atoms with Gasteiger partial charge in [0.05, 0.1) is 5.56 Å². The van der Waals surface area contributed by atoms with Gasteiger partial charge < -0.3 is 10.1 Å². The minimum atomic E-state index is -0.230. The van der Waals surface area contributed by atoms with E-state index >= 15 is 0 Å². The molecule has 1 amide bonds. The number of carbonyl (C=O) groups excluding carboxylic acids is 2. The Morgan fingerprint density at radius 3 is 2.46 bits per heavy atom. The Balaban J connectivity index is 1.96. The molecule has 1 N–H and O–H groups in total. The van der Waals surface area contributed by atoms with Crippen molar-refractivity contribution in [1.82, 2.24) is 0 Å². The number of amides is 1. The molecule has 6 heteroatoms. The molecule has 1 aromatic heterocycles. The maximum atomic E-state index is 12.3. The van der Waals surface area contributed by atoms with Gasteiger partial charge in [0.1, 0.15) is 11.0 Å². The molecule has 0 radical (unpaired) electrons. The molecular formula is C18H21NO3S2. The summed E-state index contributed by atoms with van der Waals surface area (Å²) in [6.07, 6.45) is 0. The second-order valence-electron chi connectivity index (χ2n) is 5.53. The van der Waals surface area contributed by atoms with Gasteiger partial charge in [0.15, 0.2) is 0 Å². The van der Waals surface area contributed by atoms with Crippen LogP contribution in [0.15, 0.2) is 41.1 Å². The molecule has 0 saturated carbocycles. The number of rotatable bonds is 7. The van der Waals surface area contributed by atoms with Crippen molar-refractivity contribution >= 4 is 40.7 Å². The highest BCUT2D eigenvalue weighted by Gasteiger charge is 2.24. The van der Waals surface area contributed by atoms with E-state index in [1.165, 1.54) is 11.3 Å². The molecule has 1 aromatic carbocycles. The van der Waals surface area contributed by atoms with Gasteiger partial charge in [-0.3, -0.25) is 9.59 Å². The number of ether oxygens (including phenoxy) is 1. The molecule has 0 aliphatic carbocycles. The van der Waals surface area contributed by atoms with Gasteiger partial charge in [-0.25, -0.2) is 0 Å². The quantitative estimate of drug-likeness (QED) is 0.573. The smallest absolute Gasteiger partial charge is 0.324 e. The first-order valence-corrected chi connectivity index (χ1v) is 9.77. The molecule has 128 valence electrons. The normalized spacial score (nSPS) is 12.0. The predicted octanol–water partition coefficient (Wildman–Crippen LogP) is 4.68. The van der Waals surface area contributed by atoms with E-state index in [1.807, 2.05) is 26.2 Å². The molecule has 4 nitrogen and oxygen atoms in total. The lowest BCUT2D eigenvalue weighted by Gasteiger charge is -2.18. The molecule has 0 aliphatic rings. The summed E-state index contributed by atoms with van der Waals surface area (Å²) in [5, 5.41) is 6.29. The zero-order valence-electron chi connectivity index (χ0n) is 13.9. The number of hydrogen-bond acceptors (Lipinski definition) is 5. The maximum Gasteiger partial charge on any atom is 0.324 e. The van der Waals surface area contributed by atoms with E-state index in [9.17, 15) is 9.59 Å². The van der Waals surface area contributed by atoms with Crippen LogP contribution in [0.2, 0.25) is 0 Å². The highest BCUT2D eigenvalue weighted by molar-refractivity contribution is 8.00. The molecule has 0 fully saturated rings. The van der Waals surface area contributed by atoms with Crippen LogP contribution in [0.5, 0.6) is 5.75 Å². The van der Waals surface area contributed by atoms with Crippen LogP contribution in [0, 0.1) is 5.92 Å². The van der Waals surface area contributed by atoms with Crippen molar-refractivity contribution in [2.75, 3.05) is 11.1 Å². The van der Waals surface area contributed by atoms with E-state index in [-0.39, 0.29) is 23.0 Å². The van der Waals surface area contributed by atoms with Crippen molar-refractivity contribution in [2.45, 2.75) is 26.0 Å². The van der Waals surface area contributed by atoms with Crippen LogP contribution >= 0.6 is 23.1 Å². The Morgan fingerprint density at radius 2 is 1.92 bits per heavy atom. The highest BCUT2D eigenvalue weighted by Crippen LogP contribution is 2.23. The first-order chi connectivity index (χ1) is 11.5. The van der Waals surface area contributed by atoms with Crippen molar-refractivity contribution in [1.29, 1.82) is 0 Å². The topological polar surface area (TPSA) is 55.4 Å². The minimum Gasteiger partial charge on any atom is -0.426 e. The number of thioether (sulfide) groups is 1. The lowest BCUT2D eigenvalue weighted by atomic mass is 10.1. The number of nitrogens with one attached hydrogen (secondary N) is 1. The number of carbonyl (C=O) groups is 2. The Labute approximate surface area is 150 Å². The van der Waals surface area contributed by atoms with E-state index in [2.05, 4.69) is 5.32 Å². The second kappa shape index (κ2) is 8.89. The van der Waals surface area contributed by atoms with E-state index in [1.54, 1.807) is 47.5 Å². The third-order valence-electron chi connectivity index (χ3n) is 3.30. The number of hydrogen-bond donors (Lipinski definition) is 1. The second-order valence-corrected chi connectivity index (χ2v) is 7.73. The predicted molar refractivity (Wildman–Crippen MR) is 101 cm³/mol. The summed E-state index contributed by atoms with van der Waals surface area (Å²) in [5.74, 6) is 1.18. The molecule has 0 spiro atoms. The van der Waals surface area contributed by atoms with E-state index in [4.69, 9.17) is 4.74 Å². The van der Waals surface area contributed by atoms with Gasteiger partial charge >= 0.3 is 5.97 Å². The Morgan fingerprint density at radius 1 is 1.21 bits per heavy atom. The Bertz CT molecular complexity index is 666. The van der Waals surface area contributed by atoms with Gasteiger partial charge in [-0.15, -0.1) is 11.8 Å². The van der Waals surface area contributed by atoms with Gasteiger partial charge in [-0.2, -0.15) is 11.3 Å². The van der Waals surface area contributed by atoms with Crippen molar-refractivity contribution in [3.8, 4) is 5.75 Å². The van der Waals surface area contributed by atoms with Gasteiger partial charge in [0, 0.05) is 11.1 Å². The molecule has 0 bridgehead atoms. The van der Waals surface area contributed by atoms with E-state index < -0.39 is 0 Å². The Kier molecular flexibility index (Phi) is 6.87. The van der Waals surface area contributed by atoms with Crippen molar-refractivity contribution in [3.63, 3.8) is 0 Å². The van der Waals surface area contributed by atoms with Crippen molar-refractivity contribution in [2.24, 2.45) is 5.92 Å². The average Bonchev–Trinajstić information content (AvgIpc) is 3.08. The molecule has 24 heavy (non-hydrogen) atoms. The van der Waals surface area contributed by atoms with Crippen molar-refractivity contribution < 1.29 is 14.3 Å². The van der Waals surface area contributed by atoms with Crippen LogP contribution in [0.4, 0.5) is 5.69 Å². The van der Waals surface area contributed by atoms with Gasteiger partial charge in [0.2, 0.25) is 0 Å². The fourth-order valence-electron chi connectivity index (χ4n) is 2.09. The standard InChI is InChI=1S/C18H21NO3S2/c1-4-24-16(12(2)3)18(21)22-15-7-5-14(6-8-15)19-17(20)13-9-10-23-11-13/h5-12,16H,4H2,1-3H3,(H,19,20). The maximum absolute atomic E-state index is 12.3. The van der Waals surface area contributed by atoms with Gasteiger partial charge in [0.25, 0.3) is 5.91 Å². The largest absolute Gasteiger partial charge is 0.426 e. The molecule has 1 atom stereocenters. The summed E-state index contributed by atoms with van der Waals surface area (Å²) < 4.78 is 5.45. The number of thiophene rings is 1. The van der Waals surface area contributed by atoms with E-state index in [0.29, 0.717) is 17.0 Å². The molecule has 0 aliphatic heterocycles. The molecule has 2 aromatic rings. The van der Waals surface area contributed by atoms with Gasteiger partial charge in [-0.05, 0) is 47.4 Å². The molecule has 1 heterocycles. The Hall–Kier alpha value is -1.79. The molecular weight excluding hydrogens is 342 g/mol. The molecule has 2 rings (SSSR count). The van der Waals surface area contributed by atoms with Crippen LogP contribution in [-0.2, 0) is 4.79 Å². The first-order valence-electron chi connectivity index (χ1n) is 7.78. The third-order valence-corrected chi connectivity index (χ3v) is 5.41. The van der Waals surface area contributed by atoms with Crippen LogP contribution in [-0.4, -0.2) is 22.9 Å². The summed E-state index contributed by atoms with van der Waals surface area (Å²) in [6.45, 7) is 6.05. The average molecular weight is 364 g/mol. The zero-order chi connectivity index (χ0) is 17.5. The van der Waals surface area contributed by atoms with Crippen molar-refractivity contribution in [3.05, 3.63) is 46.7 Å². The molecule has 1 unspecified atom stereocenters. The fraction of sp³-hybridized carbons (Fsp3) is 0.333. The number of anilines is 1. The van der Waals surface area contributed by atoms with Crippen LogP contribution in [0.3, 0.4) is 0 Å². The lowest BCUT2D eigenvalue weighted by molar-refractivity contribution is -0.134. The minimum absolute atomic E-state index is 0.153. The SMILES string of the molecule is CCSC(C(=O)Oc1ccc(NC(=O)c2ccsc2)cc1)C(C)C. The monoisotopic (exact) mass is 363 g/mol. The number of benzene rings is 1. The summed E-state index contributed by atoms with van der Waals surface area (Å²) in [4.78, 5) is 24.2. The summed E-state index contributed by atoms with van der Waals surface area (Å²) in [5.41, 5.74) is 1.29.